The topological polar surface area (TPSA) is 0 Å². The van der Waals surface area contributed by atoms with Gasteiger partial charge in [0.15, 0.2) is 0 Å². The van der Waals surface area contributed by atoms with Crippen LogP contribution in [0, 0.1) is 0 Å². The van der Waals surface area contributed by atoms with Crippen molar-refractivity contribution in [1.29, 1.82) is 0 Å². The van der Waals surface area contributed by atoms with Crippen molar-refractivity contribution in [2.45, 2.75) is 7.43 Å². The summed E-state index contributed by atoms with van der Waals surface area (Å²) >= 11 is 0. The third kappa shape index (κ3) is 3890. The van der Waals surface area contributed by atoms with E-state index in [2.05, 4.69) is 0 Å². The third-order valence-corrected chi connectivity index (χ3v) is 0. The van der Waals surface area contributed by atoms with E-state index in [-0.39, 0.29) is 58.8 Å². The molecule has 0 heterocycles. The van der Waals surface area contributed by atoms with Gasteiger partial charge in [-0.05, 0) is 0 Å². The van der Waals surface area contributed by atoms with Gasteiger partial charge in [-0.25, -0.2) is 0 Å². The monoisotopic (exact) mass is 317 g/mol. The Kier molecular flexibility index (Phi) is 21.8. The Morgan fingerprint density at radius 3 is 0.353 bits per heavy atom. The zero-order valence-corrected chi connectivity index (χ0v) is 6.27. The molecule has 0 spiro atoms. The maximum atomic E-state index is 9.75. The Bertz CT molecular complexity index is 96.8. The SMILES string of the molecule is C.F[B-](F)(F)F.F[B-](F)(F)F.F[B-](F)(F)F.[KH]. The zero-order chi connectivity index (χ0) is 13.5. The van der Waals surface area contributed by atoms with Crippen molar-refractivity contribution in [2.24, 2.45) is 0 Å². The van der Waals surface area contributed by atoms with Crippen molar-refractivity contribution in [3.05, 3.63) is 0 Å². The van der Waals surface area contributed by atoms with Gasteiger partial charge in [-0.3, -0.25) is 0 Å². The number of halogens is 12. The van der Waals surface area contributed by atoms with Crippen LogP contribution in [-0.2, 0) is 0 Å². The minimum atomic E-state index is -6.00. The van der Waals surface area contributed by atoms with Crippen LogP contribution in [-0.4, -0.2) is 73.1 Å². The Morgan fingerprint density at radius 1 is 0.353 bits per heavy atom. The molecule has 0 fully saturated rings. The molecule has 0 aliphatic rings. The molecule has 0 atom stereocenters. The van der Waals surface area contributed by atoms with Crippen LogP contribution in [0.1, 0.15) is 7.43 Å². The normalized spacial score (nSPS) is 10.6. The summed E-state index contributed by atoms with van der Waals surface area (Å²) in [6, 6.07) is 0. The fourth-order valence-electron chi connectivity index (χ4n) is 0. The predicted octanol–water partition coefficient (Wildman–Crippen LogP) is 3.89. The van der Waals surface area contributed by atoms with E-state index in [0.717, 1.165) is 0 Å². The molecule has 0 nitrogen and oxygen atoms in total. The Balaban J connectivity index is -0.0000000400. The van der Waals surface area contributed by atoms with Gasteiger partial charge in [-0.2, -0.15) is 0 Å². The molecule has 0 aromatic heterocycles. The van der Waals surface area contributed by atoms with Gasteiger partial charge in [0.05, 0.1) is 0 Å². The van der Waals surface area contributed by atoms with Gasteiger partial charge in [0.25, 0.3) is 0 Å². The van der Waals surface area contributed by atoms with Crippen LogP contribution in [0.4, 0.5) is 51.8 Å². The van der Waals surface area contributed by atoms with Gasteiger partial charge in [-0.15, -0.1) is 0 Å². The van der Waals surface area contributed by atoms with E-state index in [9.17, 15) is 51.8 Å². The van der Waals surface area contributed by atoms with E-state index in [4.69, 9.17) is 0 Å². The summed E-state index contributed by atoms with van der Waals surface area (Å²) < 4.78 is 117. The first-order chi connectivity index (χ1) is 6.00. The molecular formula is CH5B3F12K-3. The molecule has 0 aliphatic carbocycles. The summed E-state index contributed by atoms with van der Waals surface area (Å²) in [5.74, 6) is 0. The molecule has 0 aliphatic heterocycles. The summed E-state index contributed by atoms with van der Waals surface area (Å²) in [6.45, 7) is 0. The third-order valence-electron chi connectivity index (χ3n) is 0. The predicted molar refractivity (Wildman–Crippen MR) is 44.4 cm³/mol. The molecule has 106 valence electrons. The Morgan fingerprint density at radius 2 is 0.353 bits per heavy atom. The van der Waals surface area contributed by atoms with Crippen molar-refractivity contribution in [1.82, 2.24) is 0 Å². The summed E-state index contributed by atoms with van der Waals surface area (Å²) in [7, 11) is -18.0. The molecule has 0 N–H and O–H groups in total. The van der Waals surface area contributed by atoms with Crippen molar-refractivity contribution in [2.75, 3.05) is 0 Å². The average Bonchev–Trinajstić information content (AvgIpc) is 1.41. The van der Waals surface area contributed by atoms with Gasteiger partial charge < -0.3 is 51.8 Å². The summed E-state index contributed by atoms with van der Waals surface area (Å²) in [5, 5.41) is 0. The molecule has 0 bridgehead atoms. The van der Waals surface area contributed by atoms with Gasteiger partial charge >= 0.3 is 73.1 Å². The zero-order valence-electron chi connectivity index (χ0n) is 6.27. The molecule has 0 amide bonds. The fourth-order valence-corrected chi connectivity index (χ4v) is 0. The van der Waals surface area contributed by atoms with Gasteiger partial charge in [0.1, 0.15) is 0 Å². The van der Waals surface area contributed by atoms with E-state index in [0.29, 0.717) is 0 Å². The first-order valence-corrected chi connectivity index (χ1v) is 2.62. The first-order valence-electron chi connectivity index (χ1n) is 2.62. The Labute approximate surface area is 131 Å². The van der Waals surface area contributed by atoms with E-state index < -0.39 is 21.8 Å². The van der Waals surface area contributed by atoms with E-state index in [1.165, 1.54) is 0 Å². The quantitative estimate of drug-likeness (QED) is 0.470. The van der Waals surface area contributed by atoms with Crippen molar-refractivity contribution in [3.8, 4) is 0 Å². The molecule has 0 saturated heterocycles. The minimum absolute atomic E-state index is 0. The molecule has 0 radical (unpaired) electrons. The molecular weight excluding hydrogens is 312 g/mol. The van der Waals surface area contributed by atoms with E-state index in [1.54, 1.807) is 0 Å². The Hall–Kier alpha value is 0.991. The summed E-state index contributed by atoms with van der Waals surface area (Å²) in [4.78, 5) is 0. The van der Waals surface area contributed by atoms with Crippen LogP contribution in [0.3, 0.4) is 0 Å². The molecule has 16 heteroatoms. The summed E-state index contributed by atoms with van der Waals surface area (Å²) in [6.07, 6.45) is 0. The second-order valence-electron chi connectivity index (χ2n) is 1.48. The van der Waals surface area contributed by atoms with Crippen LogP contribution in [0.15, 0.2) is 0 Å². The maximum absolute atomic E-state index is 9.75. The van der Waals surface area contributed by atoms with E-state index in [1.807, 2.05) is 0 Å². The fraction of sp³-hybridized carbons (Fsp3) is 1.00. The van der Waals surface area contributed by atoms with Gasteiger partial charge in [0.2, 0.25) is 0 Å². The van der Waals surface area contributed by atoms with Crippen molar-refractivity contribution >= 4 is 73.1 Å². The van der Waals surface area contributed by atoms with E-state index >= 15 is 0 Å². The molecule has 0 aromatic rings. The molecule has 0 saturated carbocycles. The average molecular weight is 317 g/mol. The van der Waals surface area contributed by atoms with Crippen LogP contribution in [0.25, 0.3) is 0 Å². The van der Waals surface area contributed by atoms with Crippen LogP contribution >= 0.6 is 0 Å². The number of hydrogen-bond donors (Lipinski definition) is 0. The molecule has 0 rings (SSSR count). The van der Waals surface area contributed by atoms with Crippen LogP contribution in [0.5, 0.6) is 0 Å². The molecule has 17 heavy (non-hydrogen) atoms. The molecule has 0 aromatic carbocycles. The second-order valence-corrected chi connectivity index (χ2v) is 1.48. The van der Waals surface area contributed by atoms with Gasteiger partial charge in [-0.1, -0.05) is 7.43 Å². The summed E-state index contributed by atoms with van der Waals surface area (Å²) in [5.41, 5.74) is 0. The van der Waals surface area contributed by atoms with Crippen LogP contribution < -0.4 is 0 Å². The first kappa shape index (κ1) is 30.8. The molecule has 0 unspecified atom stereocenters. The second kappa shape index (κ2) is 12.0. The van der Waals surface area contributed by atoms with Crippen molar-refractivity contribution in [3.63, 3.8) is 0 Å². The van der Waals surface area contributed by atoms with Gasteiger partial charge in [0, 0.05) is 0 Å². The van der Waals surface area contributed by atoms with Crippen LogP contribution in [0.2, 0.25) is 0 Å². The number of rotatable bonds is 0. The standard InChI is InChI=1S/CH4.3BF4.K.H/c;3*2-1(3,4)5;;/h1H4;;;;;/q;3*-1;;. The van der Waals surface area contributed by atoms with Crippen molar-refractivity contribution < 1.29 is 51.8 Å². The number of hydrogen-bond acceptors (Lipinski definition) is 0.